The van der Waals surface area contributed by atoms with Crippen molar-refractivity contribution < 1.29 is 4.74 Å². The maximum absolute atomic E-state index is 6.14. The molecule has 0 aromatic heterocycles. The molecule has 16 heavy (non-hydrogen) atoms. The number of rotatable bonds is 4. The van der Waals surface area contributed by atoms with Gasteiger partial charge in [-0.3, -0.25) is 0 Å². The first-order chi connectivity index (χ1) is 7.83. The fourth-order valence-electron chi connectivity index (χ4n) is 1.62. The number of hydrogen-bond acceptors (Lipinski definition) is 2. The molecule has 2 aromatic carbocycles. The van der Waals surface area contributed by atoms with Crippen molar-refractivity contribution in [2.45, 2.75) is 0 Å². The molecule has 0 atom stereocenters. The molecular weight excluding hydrogens is 222 g/mol. The molecule has 0 saturated heterocycles. The molecule has 2 aromatic rings. The van der Waals surface area contributed by atoms with E-state index in [1.807, 2.05) is 37.4 Å². The van der Waals surface area contributed by atoms with Crippen LogP contribution >= 0.6 is 11.6 Å². The quantitative estimate of drug-likeness (QED) is 0.823. The molecule has 0 aliphatic carbocycles. The SMILES string of the molecule is CNCCOc1c(Cl)ccc2ccccc12. The first kappa shape index (κ1) is 11.2. The second kappa shape index (κ2) is 5.19. The largest absolute Gasteiger partial charge is 0.490 e. The second-order valence-electron chi connectivity index (χ2n) is 3.55. The van der Waals surface area contributed by atoms with Crippen LogP contribution in [0.4, 0.5) is 0 Å². The van der Waals surface area contributed by atoms with Crippen molar-refractivity contribution in [3.05, 3.63) is 41.4 Å². The van der Waals surface area contributed by atoms with Gasteiger partial charge in [0.05, 0.1) is 5.02 Å². The van der Waals surface area contributed by atoms with Crippen molar-refractivity contribution >= 4 is 22.4 Å². The lowest BCUT2D eigenvalue weighted by atomic mass is 10.1. The van der Waals surface area contributed by atoms with Crippen LogP contribution in [0.25, 0.3) is 10.8 Å². The van der Waals surface area contributed by atoms with Crippen molar-refractivity contribution in [1.29, 1.82) is 0 Å². The normalized spacial score (nSPS) is 10.6. The molecule has 0 heterocycles. The van der Waals surface area contributed by atoms with Gasteiger partial charge in [0.2, 0.25) is 0 Å². The van der Waals surface area contributed by atoms with E-state index >= 15 is 0 Å². The predicted molar refractivity (Wildman–Crippen MR) is 68.4 cm³/mol. The van der Waals surface area contributed by atoms with Crippen molar-refractivity contribution in [1.82, 2.24) is 5.32 Å². The highest BCUT2D eigenvalue weighted by Gasteiger charge is 2.06. The number of hydrogen-bond donors (Lipinski definition) is 1. The van der Waals surface area contributed by atoms with E-state index in [2.05, 4.69) is 11.4 Å². The van der Waals surface area contributed by atoms with E-state index in [0.29, 0.717) is 11.6 Å². The maximum Gasteiger partial charge on any atom is 0.145 e. The molecule has 0 bridgehead atoms. The van der Waals surface area contributed by atoms with Gasteiger partial charge in [0.1, 0.15) is 12.4 Å². The second-order valence-corrected chi connectivity index (χ2v) is 3.96. The molecule has 0 unspecified atom stereocenters. The van der Waals surface area contributed by atoms with Gasteiger partial charge < -0.3 is 10.1 Å². The van der Waals surface area contributed by atoms with Gasteiger partial charge in [-0.2, -0.15) is 0 Å². The third-order valence-corrected chi connectivity index (χ3v) is 2.73. The molecule has 0 fully saturated rings. The summed E-state index contributed by atoms with van der Waals surface area (Å²) in [5.74, 6) is 0.773. The van der Waals surface area contributed by atoms with Gasteiger partial charge in [-0.15, -0.1) is 0 Å². The number of likely N-dealkylation sites (N-methyl/N-ethyl adjacent to an activating group) is 1. The summed E-state index contributed by atoms with van der Waals surface area (Å²) in [7, 11) is 1.90. The minimum Gasteiger partial charge on any atom is -0.490 e. The van der Waals surface area contributed by atoms with Crippen LogP contribution in [0.5, 0.6) is 5.75 Å². The summed E-state index contributed by atoms with van der Waals surface area (Å²) >= 11 is 6.14. The van der Waals surface area contributed by atoms with E-state index in [9.17, 15) is 0 Å². The number of ether oxygens (including phenoxy) is 1. The van der Waals surface area contributed by atoms with E-state index in [1.54, 1.807) is 0 Å². The first-order valence-corrected chi connectivity index (χ1v) is 5.65. The van der Waals surface area contributed by atoms with Gasteiger partial charge in [0.15, 0.2) is 0 Å². The Morgan fingerprint density at radius 1 is 1.19 bits per heavy atom. The van der Waals surface area contributed by atoms with Gasteiger partial charge in [0, 0.05) is 11.9 Å². The molecule has 0 saturated carbocycles. The lowest BCUT2D eigenvalue weighted by molar-refractivity contribution is 0.322. The molecule has 0 spiro atoms. The number of fused-ring (bicyclic) bond motifs is 1. The molecule has 3 heteroatoms. The van der Waals surface area contributed by atoms with Crippen LogP contribution in [0.2, 0.25) is 5.02 Å². The zero-order valence-electron chi connectivity index (χ0n) is 9.16. The summed E-state index contributed by atoms with van der Waals surface area (Å²) in [4.78, 5) is 0. The maximum atomic E-state index is 6.14. The van der Waals surface area contributed by atoms with Crippen LogP contribution in [0.1, 0.15) is 0 Å². The third-order valence-electron chi connectivity index (χ3n) is 2.43. The predicted octanol–water partition coefficient (Wildman–Crippen LogP) is 3.09. The summed E-state index contributed by atoms with van der Waals surface area (Å²) in [5.41, 5.74) is 0. The van der Waals surface area contributed by atoms with Crippen LogP contribution in [-0.4, -0.2) is 20.2 Å². The molecule has 0 radical (unpaired) electrons. The Hall–Kier alpha value is -1.25. The lowest BCUT2D eigenvalue weighted by Gasteiger charge is -2.10. The Bertz CT molecular complexity index is 484. The fraction of sp³-hybridized carbons (Fsp3) is 0.231. The fourth-order valence-corrected chi connectivity index (χ4v) is 1.84. The Morgan fingerprint density at radius 2 is 2.00 bits per heavy atom. The molecular formula is C13H14ClNO. The average Bonchev–Trinajstić information content (AvgIpc) is 2.32. The van der Waals surface area contributed by atoms with E-state index in [0.717, 1.165) is 23.1 Å². The number of nitrogens with one attached hydrogen (secondary N) is 1. The van der Waals surface area contributed by atoms with Crippen LogP contribution < -0.4 is 10.1 Å². The van der Waals surface area contributed by atoms with E-state index in [-0.39, 0.29) is 0 Å². The van der Waals surface area contributed by atoms with Gasteiger partial charge in [-0.05, 0) is 18.5 Å². The van der Waals surface area contributed by atoms with Gasteiger partial charge >= 0.3 is 0 Å². The Labute approximate surface area is 100 Å². The minimum atomic E-state index is 0.615. The highest BCUT2D eigenvalue weighted by atomic mass is 35.5. The molecule has 1 N–H and O–H groups in total. The highest BCUT2D eigenvalue weighted by molar-refractivity contribution is 6.33. The van der Waals surface area contributed by atoms with Crippen LogP contribution in [0.15, 0.2) is 36.4 Å². The molecule has 2 rings (SSSR count). The standard InChI is InChI=1S/C13H14ClNO/c1-15-8-9-16-13-11-5-3-2-4-10(11)6-7-12(13)14/h2-7,15H,8-9H2,1H3. The zero-order valence-corrected chi connectivity index (χ0v) is 9.92. The van der Waals surface area contributed by atoms with Gasteiger partial charge in [0.25, 0.3) is 0 Å². The zero-order chi connectivity index (χ0) is 11.4. The Kier molecular flexibility index (Phi) is 3.65. The molecule has 2 nitrogen and oxygen atoms in total. The molecule has 0 amide bonds. The summed E-state index contributed by atoms with van der Waals surface area (Å²) in [5, 5.41) is 5.91. The Balaban J connectivity index is 2.37. The summed E-state index contributed by atoms with van der Waals surface area (Å²) < 4.78 is 5.70. The summed E-state index contributed by atoms with van der Waals surface area (Å²) in [6.45, 7) is 1.42. The monoisotopic (exact) mass is 235 g/mol. The molecule has 0 aliphatic heterocycles. The smallest absolute Gasteiger partial charge is 0.145 e. The first-order valence-electron chi connectivity index (χ1n) is 5.27. The van der Waals surface area contributed by atoms with Crippen LogP contribution in [0, 0.1) is 0 Å². The third kappa shape index (κ3) is 2.29. The van der Waals surface area contributed by atoms with Crippen molar-refractivity contribution in [3.8, 4) is 5.75 Å². The Morgan fingerprint density at radius 3 is 2.81 bits per heavy atom. The lowest BCUT2D eigenvalue weighted by Crippen LogP contribution is -2.16. The van der Waals surface area contributed by atoms with E-state index in [4.69, 9.17) is 16.3 Å². The van der Waals surface area contributed by atoms with E-state index in [1.165, 1.54) is 0 Å². The number of halogens is 1. The van der Waals surface area contributed by atoms with Crippen LogP contribution in [0.3, 0.4) is 0 Å². The van der Waals surface area contributed by atoms with Crippen molar-refractivity contribution in [2.75, 3.05) is 20.2 Å². The van der Waals surface area contributed by atoms with Gasteiger partial charge in [-0.25, -0.2) is 0 Å². The number of benzene rings is 2. The van der Waals surface area contributed by atoms with E-state index < -0.39 is 0 Å². The van der Waals surface area contributed by atoms with Gasteiger partial charge in [-0.1, -0.05) is 41.9 Å². The highest BCUT2D eigenvalue weighted by Crippen LogP contribution is 2.33. The minimum absolute atomic E-state index is 0.615. The average molecular weight is 236 g/mol. The van der Waals surface area contributed by atoms with Crippen LogP contribution in [-0.2, 0) is 0 Å². The van der Waals surface area contributed by atoms with Crippen molar-refractivity contribution in [3.63, 3.8) is 0 Å². The summed E-state index contributed by atoms with van der Waals surface area (Å²) in [6.07, 6.45) is 0. The summed E-state index contributed by atoms with van der Waals surface area (Å²) in [6, 6.07) is 11.9. The topological polar surface area (TPSA) is 21.3 Å². The molecule has 0 aliphatic rings. The van der Waals surface area contributed by atoms with Crippen molar-refractivity contribution in [2.24, 2.45) is 0 Å². The molecule has 84 valence electrons.